The maximum absolute atomic E-state index is 12.5. The lowest BCUT2D eigenvalue weighted by Crippen LogP contribution is -2.39. The number of hydrogen-bond acceptors (Lipinski definition) is 4. The van der Waals surface area contributed by atoms with Gasteiger partial charge in [-0.1, -0.05) is 30.3 Å². The standard InChI is InChI=1S/C20H28N4O2/c1-17-21-9-12-24(17)11-7-19(18-5-3-2-4-6-18)22-20(25)8-10-23-13-15-26-16-14-23/h2-6,9,12,19H,7-8,10-11,13-16H2,1H3,(H,22,25)/t19-/m1/s1. The number of carbonyl (C=O) groups is 1. The molecule has 26 heavy (non-hydrogen) atoms. The van der Waals surface area contributed by atoms with Crippen molar-refractivity contribution in [3.05, 3.63) is 54.1 Å². The van der Waals surface area contributed by atoms with Crippen LogP contribution >= 0.6 is 0 Å². The smallest absolute Gasteiger partial charge is 0.221 e. The van der Waals surface area contributed by atoms with Crippen LogP contribution < -0.4 is 5.32 Å². The molecule has 6 heteroatoms. The van der Waals surface area contributed by atoms with Crippen molar-refractivity contribution < 1.29 is 9.53 Å². The van der Waals surface area contributed by atoms with Crippen LogP contribution in [0.2, 0.25) is 0 Å². The number of aryl methyl sites for hydroxylation is 2. The predicted octanol–water partition coefficient (Wildman–Crippen LogP) is 2.16. The van der Waals surface area contributed by atoms with Gasteiger partial charge in [-0.25, -0.2) is 4.98 Å². The summed E-state index contributed by atoms with van der Waals surface area (Å²) in [4.78, 5) is 19.1. The van der Waals surface area contributed by atoms with Crippen molar-refractivity contribution in [3.63, 3.8) is 0 Å². The normalized spacial score (nSPS) is 16.3. The molecule has 1 fully saturated rings. The Morgan fingerprint density at radius 1 is 1.23 bits per heavy atom. The summed E-state index contributed by atoms with van der Waals surface area (Å²) < 4.78 is 7.48. The molecule has 0 unspecified atom stereocenters. The summed E-state index contributed by atoms with van der Waals surface area (Å²) in [5.74, 6) is 1.10. The molecule has 2 aromatic rings. The first-order chi connectivity index (χ1) is 12.7. The topological polar surface area (TPSA) is 59.4 Å². The van der Waals surface area contributed by atoms with Gasteiger partial charge >= 0.3 is 0 Å². The van der Waals surface area contributed by atoms with E-state index in [1.165, 1.54) is 0 Å². The fraction of sp³-hybridized carbons (Fsp3) is 0.500. The van der Waals surface area contributed by atoms with Crippen molar-refractivity contribution in [3.8, 4) is 0 Å². The summed E-state index contributed by atoms with van der Waals surface area (Å²) >= 11 is 0. The highest BCUT2D eigenvalue weighted by atomic mass is 16.5. The summed E-state index contributed by atoms with van der Waals surface area (Å²) in [6.07, 6.45) is 5.16. The average molecular weight is 356 g/mol. The van der Waals surface area contributed by atoms with Crippen molar-refractivity contribution >= 4 is 5.91 Å². The van der Waals surface area contributed by atoms with Crippen LogP contribution in [0.4, 0.5) is 0 Å². The summed E-state index contributed by atoms with van der Waals surface area (Å²) in [7, 11) is 0. The molecule has 0 bridgehead atoms. The Morgan fingerprint density at radius 3 is 2.69 bits per heavy atom. The molecule has 2 heterocycles. The Bertz CT molecular complexity index is 680. The number of nitrogens with one attached hydrogen (secondary N) is 1. The van der Waals surface area contributed by atoms with Gasteiger partial charge in [0.2, 0.25) is 5.91 Å². The number of benzene rings is 1. The lowest BCUT2D eigenvalue weighted by Gasteiger charge is -2.26. The van der Waals surface area contributed by atoms with E-state index in [9.17, 15) is 4.79 Å². The number of rotatable bonds is 8. The molecule has 140 valence electrons. The second kappa shape index (κ2) is 9.50. The largest absolute Gasteiger partial charge is 0.379 e. The highest BCUT2D eigenvalue weighted by molar-refractivity contribution is 5.76. The van der Waals surface area contributed by atoms with Crippen LogP contribution in [0.3, 0.4) is 0 Å². The van der Waals surface area contributed by atoms with Crippen molar-refractivity contribution in [2.45, 2.75) is 32.4 Å². The maximum atomic E-state index is 12.5. The van der Waals surface area contributed by atoms with E-state index in [0.29, 0.717) is 6.42 Å². The molecule has 1 aromatic carbocycles. The van der Waals surface area contributed by atoms with Gasteiger partial charge in [0.05, 0.1) is 19.3 Å². The highest BCUT2D eigenvalue weighted by Gasteiger charge is 2.17. The van der Waals surface area contributed by atoms with Gasteiger partial charge in [0, 0.05) is 45.0 Å². The molecule has 1 saturated heterocycles. The van der Waals surface area contributed by atoms with Crippen LogP contribution in [0, 0.1) is 6.92 Å². The molecule has 0 spiro atoms. The molecule has 0 saturated carbocycles. The highest BCUT2D eigenvalue weighted by Crippen LogP contribution is 2.18. The van der Waals surface area contributed by atoms with Gasteiger partial charge in [-0.3, -0.25) is 9.69 Å². The number of morpholine rings is 1. The predicted molar refractivity (Wildman–Crippen MR) is 101 cm³/mol. The van der Waals surface area contributed by atoms with Crippen LogP contribution in [0.5, 0.6) is 0 Å². The minimum atomic E-state index is 0.00943. The summed E-state index contributed by atoms with van der Waals surface area (Å²) in [5, 5.41) is 3.22. The van der Waals surface area contributed by atoms with E-state index in [1.807, 2.05) is 37.5 Å². The van der Waals surface area contributed by atoms with Crippen LogP contribution in [-0.4, -0.2) is 53.2 Å². The molecular weight excluding hydrogens is 328 g/mol. The Labute approximate surface area is 155 Å². The molecule has 1 N–H and O–H groups in total. The van der Waals surface area contributed by atoms with Gasteiger partial charge in [-0.2, -0.15) is 0 Å². The van der Waals surface area contributed by atoms with E-state index in [4.69, 9.17) is 4.74 Å². The van der Waals surface area contributed by atoms with Gasteiger partial charge in [-0.05, 0) is 18.9 Å². The lowest BCUT2D eigenvalue weighted by atomic mass is 10.0. The van der Waals surface area contributed by atoms with E-state index in [0.717, 1.165) is 57.2 Å². The third-order valence-electron chi connectivity index (χ3n) is 4.88. The number of hydrogen-bond donors (Lipinski definition) is 1. The van der Waals surface area contributed by atoms with Gasteiger partial charge in [0.1, 0.15) is 5.82 Å². The zero-order chi connectivity index (χ0) is 18.2. The number of ether oxygens (including phenoxy) is 1. The van der Waals surface area contributed by atoms with E-state index in [-0.39, 0.29) is 11.9 Å². The molecule has 6 nitrogen and oxygen atoms in total. The van der Waals surface area contributed by atoms with E-state index in [1.54, 1.807) is 0 Å². The first kappa shape index (κ1) is 18.6. The fourth-order valence-corrected chi connectivity index (χ4v) is 3.27. The van der Waals surface area contributed by atoms with Gasteiger partial charge in [0.15, 0.2) is 0 Å². The summed E-state index contributed by atoms with van der Waals surface area (Å²) in [6.45, 7) is 6.96. The van der Waals surface area contributed by atoms with Crippen LogP contribution in [0.1, 0.15) is 30.3 Å². The number of carbonyl (C=O) groups excluding carboxylic acids is 1. The summed E-state index contributed by atoms with van der Waals surface area (Å²) in [5.41, 5.74) is 1.14. The van der Waals surface area contributed by atoms with Crippen molar-refractivity contribution in [2.75, 3.05) is 32.8 Å². The van der Waals surface area contributed by atoms with Crippen LogP contribution in [-0.2, 0) is 16.1 Å². The molecule has 1 aliphatic heterocycles. The van der Waals surface area contributed by atoms with E-state index >= 15 is 0 Å². The molecule has 1 aromatic heterocycles. The quantitative estimate of drug-likeness (QED) is 0.787. The maximum Gasteiger partial charge on any atom is 0.221 e. The number of imidazole rings is 1. The fourth-order valence-electron chi connectivity index (χ4n) is 3.27. The van der Waals surface area contributed by atoms with Crippen LogP contribution in [0.25, 0.3) is 0 Å². The molecule has 0 aliphatic carbocycles. The number of amides is 1. The lowest BCUT2D eigenvalue weighted by molar-refractivity contribution is -0.122. The monoisotopic (exact) mass is 356 g/mol. The third kappa shape index (κ3) is 5.41. The molecule has 3 rings (SSSR count). The average Bonchev–Trinajstić information content (AvgIpc) is 3.10. The Morgan fingerprint density at radius 2 is 2.00 bits per heavy atom. The van der Waals surface area contributed by atoms with E-state index in [2.05, 4.69) is 31.9 Å². The van der Waals surface area contributed by atoms with Crippen molar-refractivity contribution in [1.82, 2.24) is 19.8 Å². The number of nitrogens with zero attached hydrogens (tertiary/aromatic N) is 3. The second-order valence-corrected chi connectivity index (χ2v) is 6.69. The minimum Gasteiger partial charge on any atom is -0.379 e. The minimum absolute atomic E-state index is 0.00943. The van der Waals surface area contributed by atoms with Gasteiger partial charge in [-0.15, -0.1) is 0 Å². The summed E-state index contributed by atoms with van der Waals surface area (Å²) in [6, 6.07) is 10.2. The molecule has 1 aliphatic rings. The first-order valence-electron chi connectivity index (χ1n) is 9.34. The molecular formula is C20H28N4O2. The van der Waals surface area contributed by atoms with Gasteiger partial charge in [0.25, 0.3) is 0 Å². The first-order valence-corrected chi connectivity index (χ1v) is 9.34. The zero-order valence-corrected chi connectivity index (χ0v) is 15.4. The van der Waals surface area contributed by atoms with Crippen molar-refractivity contribution in [2.24, 2.45) is 0 Å². The SMILES string of the molecule is Cc1nccn1CC[C@@H](NC(=O)CCN1CCOCC1)c1ccccc1. The number of aromatic nitrogens is 2. The Hall–Kier alpha value is -2.18. The van der Waals surface area contributed by atoms with Crippen LogP contribution in [0.15, 0.2) is 42.7 Å². The molecule has 1 atom stereocenters. The van der Waals surface area contributed by atoms with Crippen molar-refractivity contribution in [1.29, 1.82) is 0 Å². The third-order valence-corrected chi connectivity index (χ3v) is 4.88. The Kier molecular flexibility index (Phi) is 6.80. The Balaban J connectivity index is 1.56. The van der Waals surface area contributed by atoms with Gasteiger partial charge < -0.3 is 14.6 Å². The van der Waals surface area contributed by atoms with E-state index < -0.39 is 0 Å². The molecule has 1 amide bonds. The zero-order valence-electron chi connectivity index (χ0n) is 15.4. The molecule has 0 radical (unpaired) electrons. The second-order valence-electron chi connectivity index (χ2n) is 6.69.